The molecule has 7 nitrogen and oxygen atoms in total. The van der Waals surface area contributed by atoms with Gasteiger partial charge in [-0.1, -0.05) is 65.7 Å². The fourth-order valence-electron chi connectivity index (χ4n) is 7.31. The molecule has 3 aromatic rings. The van der Waals surface area contributed by atoms with Crippen LogP contribution in [-0.4, -0.2) is 28.5 Å². The van der Waals surface area contributed by atoms with E-state index in [1.165, 1.54) is 17.0 Å². The summed E-state index contributed by atoms with van der Waals surface area (Å²) in [5.41, 5.74) is 4.41. The first kappa shape index (κ1) is 29.0. The van der Waals surface area contributed by atoms with Crippen molar-refractivity contribution < 1.29 is 29.0 Å². The smallest absolute Gasteiger partial charge is 0.238 e. The number of rotatable bonds is 5. The molecule has 1 aliphatic heterocycles. The Labute approximate surface area is 265 Å². The number of benzene rings is 3. The monoisotopic (exact) mass is 619 g/mol. The third-order valence-electron chi connectivity index (χ3n) is 9.54. The topological polar surface area (TPSA) is 101 Å². The van der Waals surface area contributed by atoms with Crippen LogP contribution in [0.4, 0.5) is 5.69 Å². The van der Waals surface area contributed by atoms with Crippen LogP contribution >= 0.6 is 11.6 Å². The highest BCUT2D eigenvalue weighted by Gasteiger charge is 2.56. The lowest BCUT2D eigenvalue weighted by atomic mass is 9.59. The molecular weight excluding hydrogens is 590 g/mol. The molecule has 3 aromatic carbocycles. The molecule has 1 heterocycles. The third kappa shape index (κ3) is 4.73. The summed E-state index contributed by atoms with van der Waals surface area (Å²) < 4.78 is 5.92. The second-order valence-corrected chi connectivity index (χ2v) is 12.6. The van der Waals surface area contributed by atoms with E-state index in [0.717, 1.165) is 16.7 Å². The minimum absolute atomic E-state index is 0.0858. The van der Waals surface area contributed by atoms with Crippen LogP contribution in [0.15, 0.2) is 101 Å². The van der Waals surface area contributed by atoms with Crippen molar-refractivity contribution in [3.63, 3.8) is 0 Å². The summed E-state index contributed by atoms with van der Waals surface area (Å²) in [5, 5.41) is 11.8. The zero-order valence-electron chi connectivity index (χ0n) is 24.7. The van der Waals surface area contributed by atoms with Crippen molar-refractivity contribution >= 4 is 40.7 Å². The normalized spacial score (nSPS) is 24.2. The maximum absolute atomic E-state index is 14.1. The molecule has 0 saturated carbocycles. The minimum Gasteiger partial charge on any atom is -0.507 e. The lowest BCUT2D eigenvalue weighted by molar-refractivity contribution is -0.123. The van der Waals surface area contributed by atoms with Gasteiger partial charge in [0.25, 0.3) is 0 Å². The van der Waals surface area contributed by atoms with Crippen molar-refractivity contribution in [1.82, 2.24) is 0 Å². The van der Waals surface area contributed by atoms with Crippen molar-refractivity contribution in [3.05, 3.63) is 123 Å². The fraction of sp³-hybridized carbons (Fsp3) is 0.243. The van der Waals surface area contributed by atoms with Gasteiger partial charge >= 0.3 is 0 Å². The number of aryl methyl sites for hydroxylation is 1. The van der Waals surface area contributed by atoms with Crippen LogP contribution < -0.4 is 9.64 Å². The predicted molar refractivity (Wildman–Crippen MR) is 169 cm³/mol. The highest BCUT2D eigenvalue weighted by molar-refractivity contribution is 6.32. The first-order valence-corrected chi connectivity index (χ1v) is 15.4. The Kier molecular flexibility index (Phi) is 7.09. The number of halogens is 1. The van der Waals surface area contributed by atoms with E-state index in [9.17, 15) is 24.3 Å². The van der Waals surface area contributed by atoms with Crippen molar-refractivity contribution in [2.75, 3.05) is 4.90 Å². The Morgan fingerprint density at radius 1 is 0.933 bits per heavy atom. The van der Waals surface area contributed by atoms with Gasteiger partial charge in [0.2, 0.25) is 11.8 Å². The number of amides is 2. The molecule has 3 aliphatic carbocycles. The quantitative estimate of drug-likeness (QED) is 0.197. The largest absolute Gasteiger partial charge is 0.507 e. The second kappa shape index (κ2) is 11.0. The van der Waals surface area contributed by atoms with Crippen molar-refractivity contribution in [2.24, 2.45) is 17.8 Å². The molecule has 0 unspecified atom stereocenters. The Hall–Kier alpha value is -4.75. The van der Waals surface area contributed by atoms with E-state index < -0.39 is 23.7 Å². The average molecular weight is 620 g/mol. The number of imide groups is 1. The molecule has 2 amide bonds. The standard InChI is InChI=1S/C37H30ClNO6/c1-19-8-9-22(15-29(19)38)39-36(43)26-13-12-24-27(33(26)37(39)44)17-28-34(31(41)14-20(2)35(28)42)32(24)25-11-10-23(16-30(25)40)45-18-21-6-4-3-5-7-21/h3-12,14-16,26-27,32-33,40H,13,17-18H2,1-2H3/t26-,27+,32+,33-/m0/s1. The van der Waals surface area contributed by atoms with Gasteiger partial charge < -0.3 is 9.84 Å². The Bertz CT molecular complexity index is 1900. The van der Waals surface area contributed by atoms with Gasteiger partial charge in [0.05, 0.1) is 17.5 Å². The van der Waals surface area contributed by atoms with Crippen LogP contribution in [0.5, 0.6) is 11.5 Å². The van der Waals surface area contributed by atoms with E-state index >= 15 is 0 Å². The number of phenolic OH excluding ortho intramolecular Hbond substituents is 1. The second-order valence-electron chi connectivity index (χ2n) is 12.2. The zero-order chi connectivity index (χ0) is 31.6. The highest BCUT2D eigenvalue weighted by atomic mass is 35.5. The number of phenols is 1. The molecule has 1 saturated heterocycles. The molecule has 8 heteroatoms. The number of carbonyl (C=O) groups is 4. The average Bonchev–Trinajstić information content (AvgIpc) is 3.29. The molecule has 1 fully saturated rings. The van der Waals surface area contributed by atoms with E-state index in [1.54, 1.807) is 37.3 Å². The number of allylic oxidation sites excluding steroid dienone is 6. The maximum atomic E-state index is 14.1. The van der Waals surface area contributed by atoms with Gasteiger partial charge in [0.1, 0.15) is 18.1 Å². The minimum atomic E-state index is -0.755. The van der Waals surface area contributed by atoms with Gasteiger partial charge in [-0.05, 0) is 68.0 Å². The van der Waals surface area contributed by atoms with Gasteiger partial charge in [-0.25, -0.2) is 4.90 Å². The van der Waals surface area contributed by atoms with Crippen LogP contribution in [0.2, 0.25) is 5.02 Å². The number of ketones is 2. The van der Waals surface area contributed by atoms with Gasteiger partial charge in [-0.2, -0.15) is 0 Å². The number of ether oxygens (including phenoxy) is 1. The van der Waals surface area contributed by atoms with E-state index in [4.69, 9.17) is 16.3 Å². The van der Waals surface area contributed by atoms with Crippen LogP contribution in [0, 0.1) is 24.7 Å². The number of anilines is 1. The zero-order valence-corrected chi connectivity index (χ0v) is 25.5. The van der Waals surface area contributed by atoms with Crippen molar-refractivity contribution in [2.45, 2.75) is 39.2 Å². The lowest BCUT2D eigenvalue weighted by Crippen LogP contribution is -2.39. The van der Waals surface area contributed by atoms with Gasteiger partial charge in [0.15, 0.2) is 11.6 Å². The Morgan fingerprint density at radius 2 is 1.71 bits per heavy atom. The molecule has 0 bridgehead atoms. The van der Waals surface area contributed by atoms with Gasteiger partial charge in [-0.3, -0.25) is 19.2 Å². The molecule has 4 aliphatic rings. The predicted octanol–water partition coefficient (Wildman–Crippen LogP) is 6.57. The number of fused-ring (bicyclic) bond motifs is 3. The summed E-state index contributed by atoms with van der Waals surface area (Å²) in [7, 11) is 0. The first-order chi connectivity index (χ1) is 21.6. The number of hydrogen-bond donors (Lipinski definition) is 1. The fourth-order valence-corrected chi connectivity index (χ4v) is 7.49. The number of nitrogens with zero attached hydrogens (tertiary/aromatic N) is 1. The van der Waals surface area contributed by atoms with Gasteiger partial charge in [-0.15, -0.1) is 0 Å². The van der Waals surface area contributed by atoms with Crippen LogP contribution in [0.3, 0.4) is 0 Å². The number of hydrogen-bond acceptors (Lipinski definition) is 6. The SMILES string of the molecule is CC1=CC(=O)C2=C(C[C@@H]3C(=CC[C@@H]4C(=O)N(c5ccc(C)c(Cl)c5)C(=O)[C@@H]43)[C@@H]2c2ccc(OCc3ccccc3)cc2O)C1=O. The summed E-state index contributed by atoms with van der Waals surface area (Å²) in [6.45, 7) is 3.77. The van der Waals surface area contributed by atoms with E-state index in [2.05, 4.69) is 0 Å². The summed E-state index contributed by atoms with van der Waals surface area (Å²) in [4.78, 5) is 56.1. The molecule has 7 rings (SSSR count). The van der Waals surface area contributed by atoms with Crippen LogP contribution in [-0.2, 0) is 25.8 Å². The van der Waals surface area contributed by atoms with Crippen molar-refractivity contribution in [1.29, 1.82) is 0 Å². The number of carbonyl (C=O) groups excluding carboxylic acids is 4. The Morgan fingerprint density at radius 3 is 2.44 bits per heavy atom. The van der Waals surface area contributed by atoms with Crippen molar-refractivity contribution in [3.8, 4) is 11.5 Å². The first-order valence-electron chi connectivity index (χ1n) is 15.0. The molecule has 226 valence electrons. The van der Waals surface area contributed by atoms with Crippen LogP contribution in [0.1, 0.15) is 42.4 Å². The number of aromatic hydroxyl groups is 1. The Balaban J connectivity index is 1.28. The van der Waals surface area contributed by atoms with E-state index in [-0.39, 0.29) is 35.6 Å². The maximum Gasteiger partial charge on any atom is 0.238 e. The third-order valence-corrected chi connectivity index (χ3v) is 9.94. The number of Topliss-reactive ketones (excluding diaryl/α,β-unsaturated/α-hetero) is 1. The molecular formula is C37H30ClNO6. The lowest BCUT2D eigenvalue weighted by Gasteiger charge is -2.42. The van der Waals surface area contributed by atoms with E-state index in [1.807, 2.05) is 43.3 Å². The molecule has 45 heavy (non-hydrogen) atoms. The molecule has 1 N–H and O–H groups in total. The van der Waals surface area contributed by atoms with E-state index in [0.29, 0.717) is 51.8 Å². The molecule has 0 aromatic heterocycles. The van der Waals surface area contributed by atoms with Gasteiger partial charge in [0, 0.05) is 39.3 Å². The molecule has 4 atom stereocenters. The highest BCUT2D eigenvalue weighted by Crippen LogP contribution is 2.56. The molecule has 0 spiro atoms. The van der Waals surface area contributed by atoms with Crippen LogP contribution in [0.25, 0.3) is 0 Å². The summed E-state index contributed by atoms with van der Waals surface area (Å²) in [6.07, 6.45) is 3.74. The summed E-state index contributed by atoms with van der Waals surface area (Å²) in [5.74, 6) is -3.43. The summed E-state index contributed by atoms with van der Waals surface area (Å²) in [6, 6.07) is 19.7. The molecule has 0 radical (unpaired) electrons. The summed E-state index contributed by atoms with van der Waals surface area (Å²) >= 11 is 6.36.